The van der Waals surface area contributed by atoms with Crippen molar-refractivity contribution >= 4 is 23.6 Å². The molecule has 4 N–H and O–H groups in total. The van der Waals surface area contributed by atoms with Gasteiger partial charge in [-0.05, 0) is 37.3 Å². The molecule has 1 heterocycles. The Morgan fingerprint density at radius 1 is 1.19 bits per heavy atom. The van der Waals surface area contributed by atoms with Crippen LogP contribution >= 0.6 is 0 Å². The second kappa shape index (κ2) is 10.9. The molecule has 0 aromatic heterocycles. The Morgan fingerprint density at radius 2 is 1.94 bits per heavy atom. The fraction of sp³-hybridized carbons (Fsp3) is 0.545. The van der Waals surface area contributed by atoms with E-state index in [1.165, 1.54) is 11.9 Å². The van der Waals surface area contributed by atoms with Gasteiger partial charge in [0.25, 0.3) is 5.91 Å². The Balaban J connectivity index is 1.81. The first-order valence-corrected chi connectivity index (χ1v) is 10.8. The summed E-state index contributed by atoms with van der Waals surface area (Å²) in [6.45, 7) is 0.266. The van der Waals surface area contributed by atoms with Crippen LogP contribution in [0.5, 0.6) is 5.75 Å². The number of fused-ring (bicyclic) bond motifs is 1. The van der Waals surface area contributed by atoms with Gasteiger partial charge in [-0.25, -0.2) is 0 Å². The van der Waals surface area contributed by atoms with Gasteiger partial charge in [0.05, 0.1) is 18.7 Å². The van der Waals surface area contributed by atoms with E-state index in [9.17, 15) is 24.3 Å². The molecule has 4 amide bonds. The Hall–Kier alpha value is -3.14. The van der Waals surface area contributed by atoms with Crippen molar-refractivity contribution < 1.29 is 29.0 Å². The van der Waals surface area contributed by atoms with Crippen molar-refractivity contribution in [3.63, 3.8) is 0 Å². The van der Waals surface area contributed by atoms with Crippen LogP contribution in [0.3, 0.4) is 0 Å². The maximum atomic E-state index is 12.9. The van der Waals surface area contributed by atoms with E-state index in [2.05, 4.69) is 16.0 Å². The van der Waals surface area contributed by atoms with Crippen molar-refractivity contribution in [1.82, 2.24) is 20.9 Å². The Bertz CT molecular complexity index is 857. The van der Waals surface area contributed by atoms with Crippen molar-refractivity contribution in [1.29, 1.82) is 0 Å². The molecule has 1 aromatic rings. The van der Waals surface area contributed by atoms with Crippen LogP contribution in [0.2, 0.25) is 0 Å². The van der Waals surface area contributed by atoms with Crippen molar-refractivity contribution in [2.24, 2.45) is 5.92 Å². The van der Waals surface area contributed by atoms with E-state index in [-0.39, 0.29) is 37.5 Å². The molecule has 1 fully saturated rings. The molecule has 0 bridgehead atoms. The van der Waals surface area contributed by atoms with Gasteiger partial charge < -0.3 is 30.7 Å². The second-order valence-corrected chi connectivity index (χ2v) is 8.16. The highest BCUT2D eigenvalue weighted by Crippen LogP contribution is 2.27. The maximum Gasteiger partial charge on any atom is 0.255 e. The number of carbonyl (C=O) groups is 4. The van der Waals surface area contributed by atoms with Crippen LogP contribution in [-0.4, -0.2) is 79.1 Å². The lowest BCUT2D eigenvalue weighted by Crippen LogP contribution is -2.51. The van der Waals surface area contributed by atoms with E-state index in [4.69, 9.17) is 4.74 Å². The Morgan fingerprint density at radius 3 is 2.66 bits per heavy atom. The first-order valence-electron chi connectivity index (χ1n) is 10.8. The minimum atomic E-state index is -1.10. The summed E-state index contributed by atoms with van der Waals surface area (Å²) < 4.78 is 5.72. The summed E-state index contributed by atoms with van der Waals surface area (Å²) in [5.41, 5.74) is 0.258. The number of benzene rings is 1. The number of rotatable bonds is 4. The van der Waals surface area contributed by atoms with Crippen LogP contribution in [-0.2, 0) is 14.4 Å². The van der Waals surface area contributed by atoms with E-state index in [1.54, 1.807) is 24.3 Å². The number of nitrogens with zero attached hydrogens (tertiary/aromatic N) is 1. The second-order valence-electron chi connectivity index (χ2n) is 8.16. The molecule has 1 aromatic carbocycles. The summed E-state index contributed by atoms with van der Waals surface area (Å²) in [5, 5.41) is 17.6. The molecule has 32 heavy (non-hydrogen) atoms. The molecule has 0 saturated heterocycles. The molecule has 10 nitrogen and oxygen atoms in total. The van der Waals surface area contributed by atoms with E-state index < -0.39 is 36.4 Å². The summed E-state index contributed by atoms with van der Waals surface area (Å²) in [6, 6.07) is 4.61. The van der Waals surface area contributed by atoms with Crippen LogP contribution in [0.15, 0.2) is 24.3 Å². The SMILES string of the molecule is CN1CCOc2ccccc2C(=O)N[C@H](C(=O)NCC2CC2)CCC(=O)N[C@@H](CO)C1=O. The molecule has 0 spiro atoms. The molecule has 1 aliphatic heterocycles. The Kier molecular flexibility index (Phi) is 8.04. The highest BCUT2D eigenvalue weighted by atomic mass is 16.5. The lowest BCUT2D eigenvalue weighted by Gasteiger charge is -2.23. The zero-order valence-electron chi connectivity index (χ0n) is 18.1. The summed E-state index contributed by atoms with van der Waals surface area (Å²) in [7, 11) is 1.54. The molecule has 10 heteroatoms. The molecule has 2 aliphatic rings. The molecule has 3 rings (SSSR count). The number of ether oxygens (including phenoxy) is 1. The number of hydrogen-bond donors (Lipinski definition) is 4. The van der Waals surface area contributed by atoms with Crippen molar-refractivity contribution in [3.05, 3.63) is 29.8 Å². The predicted molar refractivity (Wildman–Crippen MR) is 115 cm³/mol. The highest BCUT2D eigenvalue weighted by molar-refractivity contribution is 5.99. The van der Waals surface area contributed by atoms with Crippen LogP contribution in [0.1, 0.15) is 36.0 Å². The minimum absolute atomic E-state index is 0.0409. The molecule has 0 unspecified atom stereocenters. The normalized spacial score (nSPS) is 23.1. The van der Waals surface area contributed by atoms with Gasteiger partial charge in [-0.1, -0.05) is 12.1 Å². The topological polar surface area (TPSA) is 137 Å². The number of carbonyl (C=O) groups excluding carboxylic acids is 4. The smallest absolute Gasteiger partial charge is 0.255 e. The standard InChI is InChI=1S/C22H30N4O6/c1-26-10-11-32-18-5-3-2-4-15(18)20(29)25-16(21(30)23-12-14-6-7-14)8-9-19(28)24-17(13-27)22(26)31/h2-5,14,16-17,27H,6-13H2,1H3,(H,23,30)(H,24,28)(H,25,29)/t16-,17-/m0/s1. The van der Waals surface area contributed by atoms with E-state index in [0.717, 1.165) is 12.8 Å². The van der Waals surface area contributed by atoms with Crippen LogP contribution in [0.25, 0.3) is 0 Å². The van der Waals surface area contributed by atoms with Crippen molar-refractivity contribution in [2.75, 3.05) is 33.4 Å². The van der Waals surface area contributed by atoms with Gasteiger partial charge in [0.2, 0.25) is 17.7 Å². The summed E-state index contributed by atoms with van der Waals surface area (Å²) >= 11 is 0. The van der Waals surface area contributed by atoms with Crippen LogP contribution in [0, 0.1) is 5.92 Å². The number of likely N-dealkylation sites (N-methyl/N-ethyl adjacent to an activating group) is 1. The number of aliphatic hydroxyl groups excluding tert-OH is 1. The third kappa shape index (κ3) is 6.43. The van der Waals surface area contributed by atoms with Crippen molar-refractivity contribution in [3.8, 4) is 5.75 Å². The van der Waals surface area contributed by atoms with Crippen molar-refractivity contribution in [2.45, 2.75) is 37.8 Å². The third-order valence-electron chi connectivity index (χ3n) is 5.55. The maximum absolute atomic E-state index is 12.9. The van der Waals surface area contributed by atoms with Gasteiger partial charge in [-0.15, -0.1) is 0 Å². The van der Waals surface area contributed by atoms with E-state index in [0.29, 0.717) is 18.2 Å². The predicted octanol–water partition coefficient (Wildman–Crippen LogP) is -0.581. The largest absolute Gasteiger partial charge is 0.491 e. The molecule has 2 atom stereocenters. The lowest BCUT2D eigenvalue weighted by molar-refractivity contribution is -0.137. The molecular weight excluding hydrogens is 416 g/mol. The monoisotopic (exact) mass is 446 g/mol. The van der Waals surface area contributed by atoms with E-state index >= 15 is 0 Å². The molecule has 174 valence electrons. The minimum Gasteiger partial charge on any atom is -0.491 e. The van der Waals surface area contributed by atoms with Gasteiger partial charge in [0, 0.05) is 20.0 Å². The molecule has 1 aliphatic carbocycles. The lowest BCUT2D eigenvalue weighted by atomic mass is 10.1. The fourth-order valence-corrected chi connectivity index (χ4v) is 3.37. The number of aliphatic hydroxyl groups is 1. The quantitative estimate of drug-likeness (QED) is 0.488. The fourth-order valence-electron chi connectivity index (χ4n) is 3.37. The first kappa shape index (κ1) is 23.5. The highest BCUT2D eigenvalue weighted by Gasteiger charge is 2.28. The summed E-state index contributed by atoms with van der Waals surface area (Å²) in [6.07, 6.45) is 2.07. The van der Waals surface area contributed by atoms with E-state index in [1.807, 2.05) is 0 Å². The zero-order valence-corrected chi connectivity index (χ0v) is 18.1. The molecular formula is C22H30N4O6. The van der Waals surface area contributed by atoms with Gasteiger partial charge >= 0.3 is 0 Å². The number of nitrogens with one attached hydrogen (secondary N) is 3. The zero-order chi connectivity index (χ0) is 23.1. The Labute approximate surface area is 186 Å². The van der Waals surface area contributed by atoms with Gasteiger partial charge in [0.1, 0.15) is 24.4 Å². The first-order chi connectivity index (χ1) is 15.4. The van der Waals surface area contributed by atoms with Crippen LogP contribution in [0.4, 0.5) is 0 Å². The third-order valence-corrected chi connectivity index (χ3v) is 5.55. The van der Waals surface area contributed by atoms with Gasteiger partial charge in [-0.2, -0.15) is 0 Å². The van der Waals surface area contributed by atoms with Crippen LogP contribution < -0.4 is 20.7 Å². The average Bonchev–Trinajstić information content (AvgIpc) is 3.62. The summed E-state index contributed by atoms with van der Waals surface area (Å²) in [4.78, 5) is 52.0. The average molecular weight is 447 g/mol. The number of para-hydroxylation sites is 1. The van der Waals surface area contributed by atoms with Gasteiger partial charge in [0.15, 0.2) is 0 Å². The molecule has 1 saturated carbocycles. The number of amides is 4. The summed E-state index contributed by atoms with van der Waals surface area (Å²) in [5.74, 6) is -1.02. The molecule has 0 radical (unpaired) electrons. The van der Waals surface area contributed by atoms with Gasteiger partial charge in [-0.3, -0.25) is 19.2 Å². The number of hydrogen-bond acceptors (Lipinski definition) is 6.